The van der Waals surface area contributed by atoms with Crippen LogP contribution >= 0.6 is 0 Å². The van der Waals surface area contributed by atoms with E-state index < -0.39 is 0 Å². The van der Waals surface area contributed by atoms with Crippen molar-refractivity contribution in [1.82, 2.24) is 5.32 Å². The monoisotopic (exact) mass is 257 g/mol. The predicted octanol–water partition coefficient (Wildman–Crippen LogP) is 4.04. The summed E-state index contributed by atoms with van der Waals surface area (Å²) >= 11 is 0. The summed E-state index contributed by atoms with van der Waals surface area (Å²) in [4.78, 5) is 0. The lowest BCUT2D eigenvalue weighted by atomic mass is 10.00. The Hall–Kier alpha value is -1.67. The Morgan fingerprint density at radius 2 is 1.58 bits per heavy atom. The molecule has 0 aliphatic rings. The van der Waals surface area contributed by atoms with Gasteiger partial charge in [0.15, 0.2) is 0 Å². The van der Waals surface area contributed by atoms with Gasteiger partial charge in [0.1, 0.15) is 5.82 Å². The number of nitrogens with one attached hydrogen (secondary N) is 1. The van der Waals surface area contributed by atoms with E-state index in [-0.39, 0.29) is 5.82 Å². The molecule has 1 N–H and O–H groups in total. The van der Waals surface area contributed by atoms with Gasteiger partial charge in [0, 0.05) is 18.7 Å². The van der Waals surface area contributed by atoms with E-state index in [1.165, 1.54) is 28.3 Å². The zero-order valence-electron chi connectivity index (χ0n) is 11.8. The lowest BCUT2D eigenvalue weighted by Crippen LogP contribution is -2.15. The number of hydrogen-bond acceptors (Lipinski definition) is 1. The van der Waals surface area contributed by atoms with Crippen LogP contribution in [0.1, 0.15) is 27.8 Å². The van der Waals surface area contributed by atoms with Crippen molar-refractivity contribution in [1.29, 1.82) is 0 Å². The largest absolute Gasteiger partial charge is 0.308 e. The second-order valence-corrected chi connectivity index (χ2v) is 5.07. The molecule has 0 fully saturated rings. The quantitative estimate of drug-likeness (QED) is 0.871. The first-order valence-electron chi connectivity index (χ1n) is 6.59. The van der Waals surface area contributed by atoms with Gasteiger partial charge in [0.2, 0.25) is 0 Å². The molecule has 1 nitrogen and oxygen atoms in total. The average molecular weight is 257 g/mol. The van der Waals surface area contributed by atoms with Gasteiger partial charge in [-0.1, -0.05) is 35.9 Å². The van der Waals surface area contributed by atoms with Crippen molar-refractivity contribution in [3.05, 3.63) is 70.0 Å². The van der Waals surface area contributed by atoms with Gasteiger partial charge < -0.3 is 5.32 Å². The smallest absolute Gasteiger partial charge is 0.127 e. The summed E-state index contributed by atoms with van der Waals surface area (Å²) in [5.74, 6) is -0.146. The van der Waals surface area contributed by atoms with Crippen LogP contribution in [0, 0.1) is 26.6 Å². The third-order valence-electron chi connectivity index (χ3n) is 3.42. The lowest BCUT2D eigenvalue weighted by Gasteiger charge is -2.12. The van der Waals surface area contributed by atoms with Crippen molar-refractivity contribution in [3.8, 4) is 0 Å². The van der Waals surface area contributed by atoms with Crippen LogP contribution in [0.15, 0.2) is 36.4 Å². The standard InChI is InChI=1S/C17H20FN/c1-12-8-13(2)16(14(3)9-12)11-19-10-15-6-4-5-7-17(15)18/h4-9,19H,10-11H2,1-3H3. The molecule has 0 heterocycles. The highest BCUT2D eigenvalue weighted by atomic mass is 19.1. The number of benzene rings is 2. The Balaban J connectivity index is 2.02. The fraction of sp³-hybridized carbons (Fsp3) is 0.294. The summed E-state index contributed by atoms with van der Waals surface area (Å²) in [5, 5.41) is 3.32. The van der Waals surface area contributed by atoms with E-state index in [1.54, 1.807) is 6.07 Å². The molecule has 2 aromatic rings. The van der Waals surface area contributed by atoms with Crippen molar-refractivity contribution in [2.75, 3.05) is 0 Å². The topological polar surface area (TPSA) is 12.0 Å². The Morgan fingerprint density at radius 3 is 2.21 bits per heavy atom. The summed E-state index contributed by atoms with van der Waals surface area (Å²) in [7, 11) is 0. The minimum atomic E-state index is -0.146. The van der Waals surface area contributed by atoms with E-state index in [0.29, 0.717) is 12.1 Å². The molecule has 0 saturated carbocycles. The van der Waals surface area contributed by atoms with Gasteiger partial charge in [-0.2, -0.15) is 0 Å². The average Bonchev–Trinajstić information content (AvgIpc) is 2.34. The third kappa shape index (κ3) is 3.42. The molecular weight excluding hydrogens is 237 g/mol. The molecular formula is C17H20FN. The molecule has 0 atom stereocenters. The molecule has 0 bridgehead atoms. The number of hydrogen-bond donors (Lipinski definition) is 1. The molecule has 0 unspecified atom stereocenters. The van der Waals surface area contributed by atoms with Crippen LogP contribution in [0.25, 0.3) is 0 Å². The molecule has 0 spiro atoms. The van der Waals surface area contributed by atoms with Gasteiger partial charge in [-0.05, 0) is 43.5 Å². The summed E-state index contributed by atoms with van der Waals surface area (Å²) in [6.45, 7) is 7.68. The van der Waals surface area contributed by atoms with Crippen molar-refractivity contribution < 1.29 is 4.39 Å². The summed E-state index contributed by atoms with van der Waals surface area (Å²) in [6.07, 6.45) is 0. The highest BCUT2D eigenvalue weighted by molar-refractivity contribution is 5.37. The van der Waals surface area contributed by atoms with Crippen molar-refractivity contribution in [2.45, 2.75) is 33.9 Å². The van der Waals surface area contributed by atoms with Crippen LogP contribution < -0.4 is 5.32 Å². The normalized spacial score (nSPS) is 10.7. The molecule has 0 aromatic heterocycles. The molecule has 100 valence electrons. The van der Waals surface area contributed by atoms with Crippen molar-refractivity contribution in [2.24, 2.45) is 0 Å². The van der Waals surface area contributed by atoms with Crippen LogP contribution in [-0.4, -0.2) is 0 Å². The Labute approximate surface area is 114 Å². The predicted molar refractivity (Wildman–Crippen MR) is 77.6 cm³/mol. The van der Waals surface area contributed by atoms with E-state index in [4.69, 9.17) is 0 Å². The second-order valence-electron chi connectivity index (χ2n) is 5.07. The molecule has 0 aliphatic heterocycles. The maximum atomic E-state index is 13.5. The molecule has 0 amide bonds. The maximum absolute atomic E-state index is 13.5. The Kier molecular flexibility index (Phi) is 4.33. The fourth-order valence-electron chi connectivity index (χ4n) is 2.45. The van der Waals surface area contributed by atoms with Gasteiger partial charge in [-0.15, -0.1) is 0 Å². The molecule has 2 aromatic carbocycles. The third-order valence-corrected chi connectivity index (χ3v) is 3.42. The van der Waals surface area contributed by atoms with Gasteiger partial charge in [-0.3, -0.25) is 0 Å². The number of halogens is 1. The second kappa shape index (κ2) is 5.98. The Bertz CT molecular complexity index is 552. The van der Waals surface area contributed by atoms with Crippen LogP contribution in [0.2, 0.25) is 0 Å². The number of rotatable bonds is 4. The van der Waals surface area contributed by atoms with E-state index in [1.807, 2.05) is 12.1 Å². The van der Waals surface area contributed by atoms with E-state index >= 15 is 0 Å². The highest BCUT2D eigenvalue weighted by Crippen LogP contribution is 2.16. The minimum Gasteiger partial charge on any atom is -0.308 e. The highest BCUT2D eigenvalue weighted by Gasteiger charge is 2.04. The molecule has 0 saturated heterocycles. The SMILES string of the molecule is Cc1cc(C)c(CNCc2ccccc2F)c(C)c1. The first kappa shape index (κ1) is 13.8. The van der Waals surface area contributed by atoms with E-state index in [9.17, 15) is 4.39 Å². The van der Waals surface area contributed by atoms with E-state index in [2.05, 4.69) is 38.2 Å². The van der Waals surface area contributed by atoms with Crippen LogP contribution in [0.5, 0.6) is 0 Å². The van der Waals surface area contributed by atoms with Crippen molar-refractivity contribution >= 4 is 0 Å². The van der Waals surface area contributed by atoms with Crippen LogP contribution in [-0.2, 0) is 13.1 Å². The first-order valence-corrected chi connectivity index (χ1v) is 6.59. The fourth-order valence-corrected chi connectivity index (χ4v) is 2.45. The van der Waals surface area contributed by atoms with Gasteiger partial charge in [-0.25, -0.2) is 4.39 Å². The van der Waals surface area contributed by atoms with E-state index in [0.717, 1.165) is 6.54 Å². The van der Waals surface area contributed by atoms with Gasteiger partial charge >= 0.3 is 0 Å². The minimum absolute atomic E-state index is 0.146. The van der Waals surface area contributed by atoms with Gasteiger partial charge in [0.25, 0.3) is 0 Å². The molecule has 19 heavy (non-hydrogen) atoms. The summed E-state index contributed by atoms with van der Waals surface area (Å²) < 4.78 is 13.5. The summed E-state index contributed by atoms with van der Waals surface area (Å²) in [5.41, 5.74) is 5.89. The summed E-state index contributed by atoms with van der Waals surface area (Å²) in [6, 6.07) is 11.3. The van der Waals surface area contributed by atoms with Gasteiger partial charge in [0.05, 0.1) is 0 Å². The maximum Gasteiger partial charge on any atom is 0.127 e. The van der Waals surface area contributed by atoms with Crippen LogP contribution in [0.4, 0.5) is 4.39 Å². The molecule has 2 heteroatoms. The molecule has 0 aliphatic carbocycles. The van der Waals surface area contributed by atoms with Crippen LogP contribution in [0.3, 0.4) is 0 Å². The lowest BCUT2D eigenvalue weighted by molar-refractivity contribution is 0.587. The van der Waals surface area contributed by atoms with Crippen molar-refractivity contribution in [3.63, 3.8) is 0 Å². The zero-order valence-corrected chi connectivity index (χ0v) is 11.8. The number of aryl methyl sites for hydroxylation is 3. The molecule has 0 radical (unpaired) electrons. The zero-order chi connectivity index (χ0) is 13.8. The first-order chi connectivity index (χ1) is 9.08. The molecule has 2 rings (SSSR count). The Morgan fingerprint density at radius 1 is 0.947 bits per heavy atom.